The van der Waals surface area contributed by atoms with Crippen LogP contribution in [0.3, 0.4) is 0 Å². The number of pyridine rings is 1. The van der Waals surface area contributed by atoms with Crippen molar-refractivity contribution < 1.29 is 18.9 Å². The summed E-state index contributed by atoms with van der Waals surface area (Å²) in [5.74, 6) is 3.03. The van der Waals surface area contributed by atoms with Crippen molar-refractivity contribution in [2.75, 3.05) is 21.0 Å². The molecule has 0 saturated heterocycles. The maximum atomic E-state index is 5.60. The Kier molecular flexibility index (Phi) is 6.19. The predicted molar refractivity (Wildman–Crippen MR) is 129 cm³/mol. The highest BCUT2D eigenvalue weighted by Crippen LogP contribution is 2.39. The van der Waals surface area contributed by atoms with Gasteiger partial charge in [0.15, 0.2) is 11.5 Å². The van der Waals surface area contributed by atoms with Crippen LogP contribution in [0.1, 0.15) is 11.1 Å². The standard InChI is InChI=1S/C26H21NO4.ClH/c1-28-23-9-5-3-7-17(23)11-12-18-13-21(19-8-4-6-10-24(19)29-2)27-22-15-26-25(14-20(18)22)30-16-31-26;/h3-15H,16H2,1-2H3;1H/b12-11+;. The van der Waals surface area contributed by atoms with E-state index in [9.17, 15) is 0 Å². The number of aromatic nitrogens is 1. The van der Waals surface area contributed by atoms with Crippen LogP contribution in [0.15, 0.2) is 66.7 Å². The molecule has 0 radical (unpaired) electrons. The average molecular weight is 448 g/mol. The van der Waals surface area contributed by atoms with Crippen LogP contribution in [0.2, 0.25) is 0 Å². The van der Waals surface area contributed by atoms with Crippen LogP contribution >= 0.6 is 12.4 Å². The second-order valence-electron chi connectivity index (χ2n) is 7.09. The first-order chi connectivity index (χ1) is 15.3. The number of benzene rings is 3. The van der Waals surface area contributed by atoms with Crippen molar-refractivity contribution in [1.82, 2.24) is 4.98 Å². The predicted octanol–water partition coefficient (Wildman–Crippen LogP) is 6.24. The summed E-state index contributed by atoms with van der Waals surface area (Å²) >= 11 is 0. The maximum absolute atomic E-state index is 5.60. The molecule has 0 spiro atoms. The van der Waals surface area contributed by atoms with Crippen LogP contribution in [0.25, 0.3) is 34.3 Å². The normalized spacial score (nSPS) is 12.1. The number of fused-ring (bicyclic) bond motifs is 2. The number of halogens is 1. The van der Waals surface area contributed by atoms with Crippen LogP contribution < -0.4 is 18.9 Å². The Morgan fingerprint density at radius 2 is 1.44 bits per heavy atom. The third kappa shape index (κ3) is 3.95. The molecule has 0 unspecified atom stereocenters. The van der Waals surface area contributed by atoms with Gasteiger partial charge in [0, 0.05) is 22.6 Å². The van der Waals surface area contributed by atoms with Crippen LogP contribution in [-0.2, 0) is 0 Å². The van der Waals surface area contributed by atoms with Crippen molar-refractivity contribution in [2.45, 2.75) is 0 Å². The van der Waals surface area contributed by atoms with E-state index in [1.807, 2.05) is 66.7 Å². The van der Waals surface area contributed by atoms with E-state index >= 15 is 0 Å². The van der Waals surface area contributed by atoms with Crippen molar-refractivity contribution in [2.24, 2.45) is 0 Å². The van der Waals surface area contributed by atoms with Gasteiger partial charge in [0.2, 0.25) is 6.79 Å². The van der Waals surface area contributed by atoms with Gasteiger partial charge in [-0.1, -0.05) is 42.5 Å². The number of methoxy groups -OCH3 is 2. The summed E-state index contributed by atoms with van der Waals surface area (Å²) in [6, 6.07) is 21.8. The van der Waals surface area contributed by atoms with Gasteiger partial charge in [-0.25, -0.2) is 4.98 Å². The monoisotopic (exact) mass is 447 g/mol. The highest BCUT2D eigenvalue weighted by atomic mass is 35.5. The molecular formula is C26H22ClNO4. The fraction of sp³-hybridized carbons (Fsp3) is 0.115. The molecule has 0 bridgehead atoms. The summed E-state index contributed by atoms with van der Waals surface area (Å²) in [7, 11) is 3.34. The first-order valence-corrected chi connectivity index (χ1v) is 9.95. The molecular weight excluding hydrogens is 426 g/mol. The van der Waals surface area contributed by atoms with E-state index in [0.29, 0.717) is 5.75 Å². The van der Waals surface area contributed by atoms with E-state index in [2.05, 4.69) is 12.1 Å². The van der Waals surface area contributed by atoms with Crippen LogP contribution in [0.4, 0.5) is 0 Å². The van der Waals surface area contributed by atoms with Gasteiger partial charge >= 0.3 is 0 Å². The second kappa shape index (κ2) is 9.20. The zero-order chi connectivity index (χ0) is 21.2. The van der Waals surface area contributed by atoms with Gasteiger partial charge < -0.3 is 18.9 Å². The number of nitrogens with zero attached hydrogens (tertiary/aromatic N) is 1. The Hall–Kier alpha value is -3.70. The van der Waals surface area contributed by atoms with Gasteiger partial charge in [0.05, 0.1) is 25.4 Å². The number of rotatable bonds is 5. The van der Waals surface area contributed by atoms with Crippen molar-refractivity contribution in [3.63, 3.8) is 0 Å². The molecule has 32 heavy (non-hydrogen) atoms. The van der Waals surface area contributed by atoms with Crippen molar-refractivity contribution in [3.8, 4) is 34.3 Å². The molecule has 0 N–H and O–H groups in total. The minimum absolute atomic E-state index is 0. The highest BCUT2D eigenvalue weighted by Gasteiger charge is 2.18. The zero-order valence-electron chi connectivity index (χ0n) is 17.7. The molecule has 162 valence electrons. The molecule has 2 heterocycles. The first kappa shape index (κ1) is 21.5. The molecule has 0 saturated carbocycles. The Balaban J connectivity index is 0.00000245. The molecule has 5 nitrogen and oxygen atoms in total. The van der Waals surface area contributed by atoms with Gasteiger partial charge in [-0.05, 0) is 35.9 Å². The summed E-state index contributed by atoms with van der Waals surface area (Å²) in [5.41, 5.74) is 4.58. The molecule has 0 fully saturated rings. The van der Waals surface area contributed by atoms with Crippen molar-refractivity contribution in [3.05, 3.63) is 77.9 Å². The Morgan fingerprint density at radius 1 is 0.781 bits per heavy atom. The number of ether oxygens (including phenoxy) is 4. The van der Waals surface area contributed by atoms with E-state index in [0.717, 1.165) is 50.5 Å². The molecule has 1 aliphatic heterocycles. The van der Waals surface area contributed by atoms with E-state index in [1.54, 1.807) is 14.2 Å². The lowest BCUT2D eigenvalue weighted by atomic mass is 10.0. The van der Waals surface area contributed by atoms with E-state index in [4.69, 9.17) is 23.9 Å². The smallest absolute Gasteiger partial charge is 0.231 e. The summed E-state index contributed by atoms with van der Waals surface area (Å²) < 4.78 is 22.2. The number of para-hydroxylation sites is 2. The second-order valence-corrected chi connectivity index (χ2v) is 7.09. The zero-order valence-corrected chi connectivity index (χ0v) is 18.5. The molecule has 6 heteroatoms. The van der Waals surface area contributed by atoms with E-state index < -0.39 is 0 Å². The van der Waals surface area contributed by atoms with Crippen molar-refractivity contribution >= 4 is 35.5 Å². The Labute approximate surface area is 192 Å². The molecule has 1 aliphatic rings. The fourth-order valence-electron chi connectivity index (χ4n) is 3.76. The van der Waals surface area contributed by atoms with E-state index in [1.165, 1.54) is 0 Å². The van der Waals surface area contributed by atoms with Gasteiger partial charge in [-0.3, -0.25) is 0 Å². The van der Waals surface area contributed by atoms with Crippen LogP contribution in [-0.4, -0.2) is 26.0 Å². The highest BCUT2D eigenvalue weighted by molar-refractivity contribution is 5.95. The quantitative estimate of drug-likeness (QED) is 0.362. The van der Waals surface area contributed by atoms with E-state index in [-0.39, 0.29) is 19.2 Å². The summed E-state index contributed by atoms with van der Waals surface area (Å²) in [6.45, 7) is 0.220. The average Bonchev–Trinajstić information content (AvgIpc) is 3.28. The van der Waals surface area contributed by atoms with Crippen LogP contribution in [0.5, 0.6) is 23.0 Å². The molecule has 3 aromatic carbocycles. The van der Waals surface area contributed by atoms with Crippen LogP contribution in [0, 0.1) is 0 Å². The Morgan fingerprint density at radius 3 is 2.22 bits per heavy atom. The van der Waals surface area contributed by atoms with Gasteiger partial charge in [-0.15, -0.1) is 12.4 Å². The fourth-order valence-corrected chi connectivity index (χ4v) is 3.76. The third-order valence-corrected chi connectivity index (χ3v) is 5.30. The maximum Gasteiger partial charge on any atom is 0.231 e. The molecule has 0 atom stereocenters. The topological polar surface area (TPSA) is 49.8 Å². The minimum Gasteiger partial charge on any atom is -0.496 e. The largest absolute Gasteiger partial charge is 0.496 e. The summed E-state index contributed by atoms with van der Waals surface area (Å²) in [4.78, 5) is 4.91. The number of hydrogen-bond donors (Lipinski definition) is 0. The molecule has 4 aromatic rings. The number of hydrogen-bond acceptors (Lipinski definition) is 5. The lowest BCUT2D eigenvalue weighted by Gasteiger charge is -2.11. The van der Waals surface area contributed by atoms with Gasteiger partial charge in [0.25, 0.3) is 0 Å². The summed E-state index contributed by atoms with van der Waals surface area (Å²) in [6.07, 6.45) is 4.12. The summed E-state index contributed by atoms with van der Waals surface area (Å²) in [5, 5.41) is 0.981. The van der Waals surface area contributed by atoms with Gasteiger partial charge in [-0.2, -0.15) is 0 Å². The van der Waals surface area contributed by atoms with Crippen molar-refractivity contribution in [1.29, 1.82) is 0 Å². The molecule has 1 aromatic heterocycles. The first-order valence-electron chi connectivity index (χ1n) is 9.95. The van der Waals surface area contributed by atoms with Gasteiger partial charge in [0.1, 0.15) is 11.5 Å². The lowest BCUT2D eigenvalue weighted by Crippen LogP contribution is -1.93. The Bertz CT molecular complexity index is 1300. The minimum atomic E-state index is 0. The SMILES string of the molecule is COc1ccccc1/C=C/c1cc(-c2ccccc2OC)nc2cc3c(cc12)OCO3.Cl. The molecule has 5 rings (SSSR count). The third-order valence-electron chi connectivity index (χ3n) is 5.30. The lowest BCUT2D eigenvalue weighted by molar-refractivity contribution is 0.174. The molecule has 0 amide bonds. The molecule has 0 aliphatic carbocycles.